The number of hydrazine groups is 1. The van der Waals surface area contributed by atoms with E-state index in [0.29, 0.717) is 11.1 Å². The quantitative estimate of drug-likeness (QED) is 0.499. The highest BCUT2D eigenvalue weighted by atomic mass is 79.9. The Morgan fingerprint density at radius 3 is 2.50 bits per heavy atom. The molecule has 0 aliphatic rings. The van der Waals surface area contributed by atoms with E-state index in [1.165, 1.54) is 12.1 Å². The van der Waals surface area contributed by atoms with Crippen LogP contribution in [0.3, 0.4) is 0 Å². The van der Waals surface area contributed by atoms with Crippen molar-refractivity contribution in [3.05, 3.63) is 73.9 Å². The minimum Gasteiger partial charge on any atom is -0.451 e. The van der Waals surface area contributed by atoms with Crippen molar-refractivity contribution in [2.75, 3.05) is 0 Å². The number of benzene rings is 2. The van der Waals surface area contributed by atoms with Gasteiger partial charge in [0, 0.05) is 22.6 Å². The highest BCUT2D eigenvalue weighted by molar-refractivity contribution is 9.10. The first-order valence-electron chi connectivity index (χ1n) is 7.41. The summed E-state index contributed by atoms with van der Waals surface area (Å²) in [6, 6.07) is 11.1. The maximum Gasteiger partial charge on any atom is 0.305 e. The van der Waals surface area contributed by atoms with Gasteiger partial charge in [-0.1, -0.05) is 18.2 Å². The van der Waals surface area contributed by atoms with Crippen LogP contribution in [0.15, 0.2) is 51.4 Å². The Morgan fingerprint density at radius 1 is 1.12 bits per heavy atom. The van der Waals surface area contributed by atoms with Gasteiger partial charge in [0.2, 0.25) is 0 Å². The summed E-state index contributed by atoms with van der Waals surface area (Å²) in [4.78, 5) is 34.7. The van der Waals surface area contributed by atoms with Gasteiger partial charge in [-0.05, 0) is 41.1 Å². The molecule has 3 rings (SSSR count). The number of fused-ring (bicyclic) bond motifs is 1. The molecule has 0 saturated heterocycles. The van der Waals surface area contributed by atoms with E-state index in [4.69, 9.17) is 4.42 Å². The fourth-order valence-corrected chi connectivity index (χ4v) is 2.82. The van der Waals surface area contributed by atoms with Crippen molar-refractivity contribution in [2.45, 2.75) is 6.92 Å². The van der Waals surface area contributed by atoms with Crippen molar-refractivity contribution < 1.29 is 18.9 Å². The molecule has 0 spiro atoms. The van der Waals surface area contributed by atoms with E-state index in [0.717, 1.165) is 11.5 Å². The number of furan rings is 1. The van der Waals surface area contributed by atoms with Gasteiger partial charge in [-0.2, -0.15) is 0 Å². The molecule has 0 unspecified atom stereocenters. The molecule has 8 nitrogen and oxygen atoms in total. The van der Waals surface area contributed by atoms with Crippen LogP contribution in [-0.2, 0) is 0 Å². The van der Waals surface area contributed by atoms with Crippen LogP contribution in [-0.4, -0.2) is 16.7 Å². The van der Waals surface area contributed by atoms with E-state index in [2.05, 4.69) is 26.8 Å². The van der Waals surface area contributed by atoms with Crippen LogP contribution in [0.5, 0.6) is 0 Å². The third kappa shape index (κ3) is 3.29. The van der Waals surface area contributed by atoms with Crippen molar-refractivity contribution in [1.82, 2.24) is 10.9 Å². The van der Waals surface area contributed by atoms with Gasteiger partial charge in [0.05, 0.1) is 9.40 Å². The summed E-state index contributed by atoms with van der Waals surface area (Å²) in [7, 11) is 0. The highest BCUT2D eigenvalue weighted by Gasteiger charge is 2.19. The number of nitro groups is 1. The lowest BCUT2D eigenvalue weighted by Gasteiger charge is -2.07. The molecule has 0 atom stereocenters. The number of nitrogens with one attached hydrogen (secondary N) is 2. The molecular formula is C17H12BrN3O5. The SMILES string of the molecule is Cc1c(C(=O)NNC(=O)c2ccc(Br)c([N+](=O)[O-])c2)oc2ccccc12. The van der Waals surface area contributed by atoms with E-state index in [-0.39, 0.29) is 21.5 Å². The van der Waals surface area contributed by atoms with E-state index >= 15 is 0 Å². The lowest BCUT2D eigenvalue weighted by molar-refractivity contribution is -0.385. The van der Waals surface area contributed by atoms with E-state index < -0.39 is 16.7 Å². The zero-order chi connectivity index (χ0) is 18.8. The topological polar surface area (TPSA) is 114 Å². The van der Waals surface area contributed by atoms with Gasteiger partial charge in [-0.25, -0.2) is 0 Å². The summed E-state index contributed by atoms with van der Waals surface area (Å²) in [5.74, 6) is -1.24. The fraction of sp³-hybridized carbons (Fsp3) is 0.0588. The minimum absolute atomic E-state index is 0.0292. The number of nitrogens with zero attached hydrogens (tertiary/aromatic N) is 1. The van der Waals surface area contributed by atoms with Crippen LogP contribution >= 0.6 is 15.9 Å². The summed E-state index contributed by atoms with van der Waals surface area (Å²) in [6.07, 6.45) is 0. The predicted molar refractivity (Wildman–Crippen MR) is 96.7 cm³/mol. The number of aryl methyl sites for hydroxylation is 1. The summed E-state index contributed by atoms with van der Waals surface area (Å²) < 4.78 is 5.76. The second-order valence-electron chi connectivity index (χ2n) is 5.38. The molecule has 0 bridgehead atoms. The number of carbonyl (C=O) groups is 2. The molecule has 132 valence electrons. The van der Waals surface area contributed by atoms with Crippen LogP contribution in [0.4, 0.5) is 5.69 Å². The Bertz CT molecular complexity index is 1040. The van der Waals surface area contributed by atoms with Crippen LogP contribution < -0.4 is 10.9 Å². The van der Waals surface area contributed by atoms with Crippen molar-refractivity contribution in [3.8, 4) is 0 Å². The number of nitro benzene ring substituents is 1. The average Bonchev–Trinajstić information content (AvgIpc) is 2.97. The van der Waals surface area contributed by atoms with Crippen LogP contribution in [0.25, 0.3) is 11.0 Å². The second-order valence-corrected chi connectivity index (χ2v) is 6.24. The molecule has 9 heteroatoms. The van der Waals surface area contributed by atoms with Gasteiger partial charge >= 0.3 is 5.91 Å². The Hall–Kier alpha value is -3.20. The third-order valence-corrected chi connectivity index (χ3v) is 4.42. The van der Waals surface area contributed by atoms with Crippen molar-refractivity contribution >= 4 is 44.4 Å². The van der Waals surface area contributed by atoms with Crippen LogP contribution in [0.1, 0.15) is 26.5 Å². The lowest BCUT2D eigenvalue weighted by atomic mass is 10.1. The van der Waals surface area contributed by atoms with Crippen LogP contribution in [0.2, 0.25) is 0 Å². The average molecular weight is 418 g/mol. The largest absolute Gasteiger partial charge is 0.451 e. The molecule has 0 fully saturated rings. The van der Waals surface area contributed by atoms with Crippen molar-refractivity contribution in [3.63, 3.8) is 0 Å². The Labute approximate surface area is 155 Å². The van der Waals surface area contributed by atoms with Gasteiger partial charge < -0.3 is 4.42 Å². The molecule has 0 radical (unpaired) electrons. The second kappa shape index (κ2) is 6.96. The number of hydrogen-bond donors (Lipinski definition) is 2. The first-order valence-corrected chi connectivity index (χ1v) is 8.20. The number of hydrogen-bond acceptors (Lipinski definition) is 5. The first kappa shape index (κ1) is 17.6. The molecule has 0 aliphatic heterocycles. The normalized spacial score (nSPS) is 10.5. The van der Waals surface area contributed by atoms with Crippen molar-refractivity contribution in [2.24, 2.45) is 0 Å². The Balaban J connectivity index is 1.75. The molecule has 1 aromatic heterocycles. The van der Waals surface area contributed by atoms with Gasteiger partial charge in [0.25, 0.3) is 11.6 Å². The lowest BCUT2D eigenvalue weighted by Crippen LogP contribution is -2.41. The molecule has 3 aromatic rings. The summed E-state index contributed by atoms with van der Waals surface area (Å²) in [5, 5.41) is 11.7. The number of rotatable bonds is 3. The summed E-state index contributed by atoms with van der Waals surface area (Å²) >= 11 is 3.04. The van der Waals surface area contributed by atoms with E-state index in [9.17, 15) is 19.7 Å². The van der Waals surface area contributed by atoms with Crippen LogP contribution in [0, 0.1) is 17.0 Å². The minimum atomic E-state index is -0.692. The number of amides is 2. The highest BCUT2D eigenvalue weighted by Crippen LogP contribution is 2.26. The standard InChI is InChI=1S/C17H12BrN3O5/c1-9-11-4-2-3-5-14(11)26-15(9)17(23)20-19-16(22)10-6-7-12(18)13(8-10)21(24)25/h2-8H,1H3,(H,19,22)(H,20,23). The molecule has 0 aliphatic carbocycles. The Kier molecular flexibility index (Phi) is 4.72. The monoisotopic (exact) mass is 417 g/mol. The van der Waals surface area contributed by atoms with E-state index in [1.807, 2.05) is 12.1 Å². The molecule has 26 heavy (non-hydrogen) atoms. The maximum absolute atomic E-state index is 12.3. The Morgan fingerprint density at radius 2 is 1.81 bits per heavy atom. The number of para-hydroxylation sites is 1. The number of halogens is 1. The predicted octanol–water partition coefficient (Wildman–Crippen LogP) is 3.49. The number of carbonyl (C=O) groups excluding carboxylic acids is 2. The molecule has 2 N–H and O–H groups in total. The van der Waals surface area contributed by atoms with E-state index in [1.54, 1.807) is 19.1 Å². The summed E-state index contributed by atoms with van der Waals surface area (Å²) in [6.45, 7) is 1.74. The van der Waals surface area contributed by atoms with Gasteiger partial charge in [-0.3, -0.25) is 30.6 Å². The smallest absolute Gasteiger partial charge is 0.305 e. The summed E-state index contributed by atoms with van der Waals surface area (Å²) in [5.41, 5.74) is 5.45. The first-order chi connectivity index (χ1) is 12.4. The zero-order valence-electron chi connectivity index (χ0n) is 13.4. The van der Waals surface area contributed by atoms with Gasteiger partial charge in [-0.15, -0.1) is 0 Å². The molecule has 0 saturated carbocycles. The fourth-order valence-electron chi connectivity index (χ4n) is 2.43. The third-order valence-electron chi connectivity index (χ3n) is 3.74. The molecule has 1 heterocycles. The zero-order valence-corrected chi connectivity index (χ0v) is 15.0. The van der Waals surface area contributed by atoms with Gasteiger partial charge in [0.1, 0.15) is 5.58 Å². The van der Waals surface area contributed by atoms with Crippen molar-refractivity contribution in [1.29, 1.82) is 0 Å². The molecule has 2 amide bonds. The van der Waals surface area contributed by atoms with Gasteiger partial charge in [0.15, 0.2) is 5.76 Å². The molecular weight excluding hydrogens is 406 g/mol. The molecule has 2 aromatic carbocycles. The maximum atomic E-state index is 12.3.